The molecule has 1 aliphatic rings. The van der Waals surface area contributed by atoms with E-state index in [1.54, 1.807) is 0 Å². The highest BCUT2D eigenvalue weighted by atomic mass is 19.4. The van der Waals surface area contributed by atoms with Crippen molar-refractivity contribution in [1.82, 2.24) is 5.16 Å². The molecule has 1 unspecified atom stereocenters. The van der Waals surface area contributed by atoms with Crippen LogP contribution in [0.2, 0.25) is 0 Å². The number of rotatable bonds is 5. The van der Waals surface area contributed by atoms with Gasteiger partial charge in [-0.1, -0.05) is 5.16 Å². The lowest BCUT2D eigenvalue weighted by atomic mass is 9.81. The molecule has 4 rings (SSSR count). The van der Waals surface area contributed by atoms with Gasteiger partial charge in [0, 0.05) is 28.5 Å². The number of phenols is 1. The number of aromatic hydroxyl groups is 1. The maximum Gasteiger partial charge on any atom is 0.426 e. The fourth-order valence-electron chi connectivity index (χ4n) is 3.97. The van der Waals surface area contributed by atoms with Crippen LogP contribution in [0.5, 0.6) is 5.75 Å². The number of fused-ring (bicyclic) bond motifs is 1. The van der Waals surface area contributed by atoms with E-state index < -0.39 is 46.7 Å². The van der Waals surface area contributed by atoms with Crippen LogP contribution in [-0.4, -0.2) is 33.1 Å². The number of aliphatic hydroxyl groups is 1. The number of carbonyl (C=O) groups is 1. The number of alkyl halides is 3. The van der Waals surface area contributed by atoms with Gasteiger partial charge < -0.3 is 20.1 Å². The average Bonchev–Trinajstić information content (AvgIpc) is 3.52. The quantitative estimate of drug-likeness (QED) is 0.495. The molecule has 2 aromatic carbocycles. The van der Waals surface area contributed by atoms with Crippen LogP contribution in [0.25, 0.3) is 10.8 Å². The minimum absolute atomic E-state index is 0.0999. The number of nitrogens with one attached hydrogen (secondary N) is 1. The van der Waals surface area contributed by atoms with Crippen LogP contribution < -0.4 is 10.9 Å². The number of hydrogen-bond donors (Lipinski definition) is 3. The van der Waals surface area contributed by atoms with E-state index in [-0.39, 0.29) is 40.6 Å². The zero-order valence-corrected chi connectivity index (χ0v) is 17.2. The van der Waals surface area contributed by atoms with E-state index in [2.05, 4.69) is 9.68 Å². The lowest BCUT2D eigenvalue weighted by molar-refractivity contribution is -0.253. The van der Waals surface area contributed by atoms with Crippen molar-refractivity contribution >= 4 is 22.4 Å². The molecule has 174 valence electrons. The highest BCUT2D eigenvalue weighted by molar-refractivity contribution is 6.00. The van der Waals surface area contributed by atoms with Crippen molar-refractivity contribution in [2.45, 2.75) is 43.4 Å². The fourth-order valence-corrected chi connectivity index (χ4v) is 3.97. The molecule has 0 bridgehead atoms. The van der Waals surface area contributed by atoms with Crippen molar-refractivity contribution in [1.29, 1.82) is 0 Å². The molecule has 1 atom stereocenters. The number of aryl methyl sites for hydroxylation is 1. The third kappa shape index (κ3) is 3.92. The molecule has 1 fully saturated rings. The molecule has 11 heteroatoms. The molecule has 1 aromatic heterocycles. The SMILES string of the molecule is Cc1noc(=O)c2ccc(NC(=O)C(O)(CC3(c4cc(F)ccc4O)CC3)C(F)(F)F)cc12. The van der Waals surface area contributed by atoms with Crippen molar-refractivity contribution in [3.63, 3.8) is 0 Å². The van der Waals surface area contributed by atoms with Crippen LogP contribution in [0.4, 0.5) is 23.2 Å². The Morgan fingerprint density at radius 3 is 2.52 bits per heavy atom. The molecule has 0 radical (unpaired) electrons. The van der Waals surface area contributed by atoms with E-state index in [1.807, 2.05) is 5.32 Å². The zero-order valence-electron chi connectivity index (χ0n) is 17.2. The van der Waals surface area contributed by atoms with Crippen LogP contribution in [-0.2, 0) is 10.2 Å². The molecule has 0 aliphatic heterocycles. The molecule has 3 N–H and O–H groups in total. The Morgan fingerprint density at radius 2 is 1.88 bits per heavy atom. The number of nitrogens with zero attached hydrogens (tertiary/aromatic N) is 1. The molecule has 33 heavy (non-hydrogen) atoms. The van der Waals surface area contributed by atoms with Gasteiger partial charge in [-0.05, 0) is 56.2 Å². The second-order valence-corrected chi connectivity index (χ2v) is 8.25. The zero-order chi connectivity index (χ0) is 24.2. The molecule has 1 saturated carbocycles. The predicted molar refractivity (Wildman–Crippen MR) is 108 cm³/mol. The van der Waals surface area contributed by atoms with Gasteiger partial charge in [-0.25, -0.2) is 9.18 Å². The van der Waals surface area contributed by atoms with Crippen LogP contribution in [0, 0.1) is 12.7 Å². The summed E-state index contributed by atoms with van der Waals surface area (Å²) in [6.07, 6.45) is -6.24. The van der Waals surface area contributed by atoms with E-state index in [0.29, 0.717) is 0 Å². The molecule has 1 heterocycles. The summed E-state index contributed by atoms with van der Waals surface area (Å²) in [5.41, 5.74) is -5.95. The molecular weight excluding hydrogens is 448 g/mol. The third-order valence-electron chi connectivity index (χ3n) is 5.97. The van der Waals surface area contributed by atoms with E-state index in [0.717, 1.165) is 18.2 Å². The second kappa shape index (κ2) is 7.55. The largest absolute Gasteiger partial charge is 0.508 e. The maximum atomic E-state index is 14.0. The summed E-state index contributed by atoms with van der Waals surface area (Å²) >= 11 is 0. The molecule has 0 saturated heterocycles. The molecule has 0 spiro atoms. The summed E-state index contributed by atoms with van der Waals surface area (Å²) in [4.78, 5) is 24.5. The van der Waals surface area contributed by atoms with Crippen LogP contribution in [0.15, 0.2) is 45.7 Å². The number of halogens is 4. The Morgan fingerprint density at radius 1 is 1.18 bits per heavy atom. The van der Waals surface area contributed by atoms with Crippen LogP contribution in [0.1, 0.15) is 30.5 Å². The van der Waals surface area contributed by atoms with Crippen molar-refractivity contribution in [2.75, 3.05) is 5.32 Å². The second-order valence-electron chi connectivity index (χ2n) is 8.25. The molecule has 3 aromatic rings. The Balaban J connectivity index is 1.68. The first-order valence-electron chi connectivity index (χ1n) is 9.86. The van der Waals surface area contributed by atoms with Crippen LogP contribution in [0.3, 0.4) is 0 Å². The number of benzene rings is 2. The minimum Gasteiger partial charge on any atom is -0.508 e. The van der Waals surface area contributed by atoms with Gasteiger partial charge in [0.25, 0.3) is 5.91 Å². The predicted octanol–water partition coefficient (Wildman–Crippen LogP) is 3.69. The summed E-state index contributed by atoms with van der Waals surface area (Å²) in [7, 11) is 0. The van der Waals surface area contributed by atoms with Gasteiger partial charge in [0.15, 0.2) is 0 Å². The molecular formula is C22H18F4N2O5. The Labute approximate surface area is 183 Å². The smallest absolute Gasteiger partial charge is 0.426 e. The summed E-state index contributed by atoms with van der Waals surface area (Å²) in [5, 5.41) is 26.6. The van der Waals surface area contributed by atoms with Gasteiger partial charge in [0.05, 0.1) is 11.1 Å². The minimum atomic E-state index is -5.37. The van der Waals surface area contributed by atoms with Gasteiger partial charge >= 0.3 is 11.8 Å². The van der Waals surface area contributed by atoms with Crippen molar-refractivity contribution in [3.05, 3.63) is 63.9 Å². The lowest BCUT2D eigenvalue weighted by Gasteiger charge is -2.33. The molecule has 1 amide bonds. The number of anilines is 1. The topological polar surface area (TPSA) is 113 Å². The number of amides is 1. The maximum absolute atomic E-state index is 14.0. The summed E-state index contributed by atoms with van der Waals surface area (Å²) in [5.74, 6) is -2.93. The first-order valence-corrected chi connectivity index (χ1v) is 9.86. The fraction of sp³-hybridized carbons (Fsp3) is 0.318. The van der Waals surface area contributed by atoms with Gasteiger partial charge in [-0.15, -0.1) is 0 Å². The van der Waals surface area contributed by atoms with Gasteiger partial charge in [0.1, 0.15) is 11.6 Å². The number of carbonyl (C=O) groups excluding carboxylic acids is 1. The monoisotopic (exact) mass is 466 g/mol. The Kier molecular flexibility index (Phi) is 5.19. The van der Waals surface area contributed by atoms with Gasteiger partial charge in [-0.2, -0.15) is 13.2 Å². The van der Waals surface area contributed by atoms with Gasteiger partial charge in [0.2, 0.25) is 5.60 Å². The first-order chi connectivity index (χ1) is 15.4. The summed E-state index contributed by atoms with van der Waals surface area (Å²) in [6.45, 7) is 1.51. The normalized spacial score (nSPS) is 16.9. The van der Waals surface area contributed by atoms with E-state index in [1.165, 1.54) is 25.1 Å². The molecule has 7 nitrogen and oxygen atoms in total. The van der Waals surface area contributed by atoms with E-state index in [9.17, 15) is 37.4 Å². The first kappa shape index (κ1) is 22.7. The van der Waals surface area contributed by atoms with Crippen molar-refractivity contribution in [3.8, 4) is 5.75 Å². The third-order valence-corrected chi connectivity index (χ3v) is 5.97. The Bertz CT molecular complexity index is 1320. The lowest BCUT2D eigenvalue weighted by Crippen LogP contribution is -2.56. The Hall–Kier alpha value is -3.47. The molecule has 1 aliphatic carbocycles. The summed E-state index contributed by atoms with van der Waals surface area (Å²) < 4.78 is 60.2. The van der Waals surface area contributed by atoms with Gasteiger partial charge in [-0.3, -0.25) is 4.79 Å². The van der Waals surface area contributed by atoms with E-state index in [4.69, 9.17) is 0 Å². The van der Waals surface area contributed by atoms with E-state index >= 15 is 0 Å². The van der Waals surface area contributed by atoms with Crippen LogP contribution >= 0.6 is 0 Å². The number of phenolic OH excluding ortho intramolecular Hbond substituents is 1. The number of hydrogen-bond acceptors (Lipinski definition) is 6. The number of aromatic nitrogens is 1. The highest BCUT2D eigenvalue weighted by Gasteiger charge is 2.65. The highest BCUT2D eigenvalue weighted by Crippen LogP contribution is 2.57. The average molecular weight is 466 g/mol. The van der Waals surface area contributed by atoms with Crippen molar-refractivity contribution < 1.29 is 37.1 Å². The summed E-state index contributed by atoms with van der Waals surface area (Å²) in [6, 6.07) is 6.56. The van der Waals surface area contributed by atoms with Crippen molar-refractivity contribution in [2.24, 2.45) is 0 Å². The standard InChI is InChI=1S/C22H18F4N2O5/c1-11-15-9-13(3-4-14(15)18(30)33-28-11)27-19(31)21(32,22(24,25)26)10-20(6-7-20)16-8-12(23)2-5-17(16)29/h2-5,8-9,29,32H,6-7,10H2,1H3,(H,27,31).